The maximum atomic E-state index is 12.3. The van der Waals surface area contributed by atoms with E-state index in [9.17, 15) is 8.42 Å². The van der Waals surface area contributed by atoms with Crippen molar-refractivity contribution in [1.82, 2.24) is 10.6 Å². The molecule has 2 aromatic carbocycles. The van der Waals surface area contributed by atoms with E-state index in [4.69, 9.17) is 0 Å². The largest absolute Gasteiger partial charge is 0.357 e. The summed E-state index contributed by atoms with van der Waals surface area (Å²) in [5, 5.41) is 6.55. The summed E-state index contributed by atoms with van der Waals surface area (Å²) in [4.78, 5) is 4.87. The topological polar surface area (TPSA) is 70.6 Å². The van der Waals surface area contributed by atoms with Gasteiger partial charge in [-0.25, -0.2) is 8.42 Å². The molecule has 0 aromatic heterocycles. The second-order valence-corrected chi connectivity index (χ2v) is 8.13. The van der Waals surface area contributed by atoms with Gasteiger partial charge in [0.05, 0.1) is 16.7 Å². The first-order valence-corrected chi connectivity index (χ1v) is 10.6. The molecule has 1 atom stereocenters. The van der Waals surface area contributed by atoms with Gasteiger partial charge in [0.1, 0.15) is 0 Å². The molecule has 2 rings (SSSR count). The fraction of sp³-hybridized carbons (Fsp3) is 0.350. The van der Waals surface area contributed by atoms with Crippen LogP contribution in [-0.2, 0) is 9.84 Å². The summed E-state index contributed by atoms with van der Waals surface area (Å²) in [6.45, 7) is 5.27. The third-order valence-corrected chi connectivity index (χ3v) is 5.76. The Kier molecular flexibility index (Phi) is 7.66. The minimum Gasteiger partial charge on any atom is -0.357 e. The summed E-state index contributed by atoms with van der Waals surface area (Å²) >= 11 is 0. The molecule has 0 aliphatic heterocycles. The predicted octanol–water partition coefficient (Wildman–Crippen LogP) is 3.17. The number of sulfone groups is 1. The van der Waals surface area contributed by atoms with Gasteiger partial charge >= 0.3 is 0 Å². The Morgan fingerprint density at radius 1 is 1.04 bits per heavy atom. The minimum absolute atomic E-state index is 0.0914. The third kappa shape index (κ3) is 6.19. The number of nitrogens with one attached hydrogen (secondary N) is 2. The van der Waals surface area contributed by atoms with Crippen LogP contribution in [0.4, 0.5) is 0 Å². The van der Waals surface area contributed by atoms with Crippen LogP contribution in [0.1, 0.15) is 31.9 Å². The Morgan fingerprint density at radius 2 is 1.65 bits per heavy atom. The van der Waals surface area contributed by atoms with E-state index in [-0.39, 0.29) is 11.8 Å². The highest BCUT2D eigenvalue weighted by Crippen LogP contribution is 2.12. The summed E-state index contributed by atoms with van der Waals surface area (Å²) in [7, 11) is -3.25. The highest BCUT2D eigenvalue weighted by atomic mass is 32.2. The van der Waals surface area contributed by atoms with E-state index in [1.807, 2.05) is 31.2 Å². The molecular weight excluding hydrogens is 346 g/mol. The molecule has 0 radical (unpaired) electrons. The maximum Gasteiger partial charge on any atom is 0.191 e. The Hall–Kier alpha value is -2.34. The highest BCUT2D eigenvalue weighted by molar-refractivity contribution is 7.91. The Bertz CT molecular complexity index is 790. The van der Waals surface area contributed by atoms with E-state index >= 15 is 0 Å². The van der Waals surface area contributed by atoms with Gasteiger partial charge in [0.2, 0.25) is 0 Å². The second kappa shape index (κ2) is 9.97. The minimum atomic E-state index is -3.25. The zero-order valence-electron chi connectivity index (χ0n) is 15.4. The first-order valence-electron chi connectivity index (χ1n) is 8.90. The van der Waals surface area contributed by atoms with Crippen molar-refractivity contribution in [2.45, 2.75) is 31.2 Å². The van der Waals surface area contributed by atoms with Gasteiger partial charge in [0.15, 0.2) is 15.8 Å². The molecule has 0 aliphatic rings. The van der Waals surface area contributed by atoms with Gasteiger partial charge in [-0.2, -0.15) is 0 Å². The SMILES string of the molecule is CCNC(=NCCCS(=O)(=O)c1ccccc1)NC(C)c1ccccc1. The molecule has 26 heavy (non-hydrogen) atoms. The molecule has 0 spiro atoms. The average molecular weight is 374 g/mol. The van der Waals surface area contributed by atoms with Crippen LogP contribution in [0, 0.1) is 0 Å². The van der Waals surface area contributed by atoms with Crippen molar-refractivity contribution in [1.29, 1.82) is 0 Å². The van der Waals surface area contributed by atoms with Gasteiger partial charge in [-0.1, -0.05) is 48.5 Å². The van der Waals surface area contributed by atoms with Crippen molar-refractivity contribution in [3.05, 3.63) is 66.2 Å². The lowest BCUT2D eigenvalue weighted by Gasteiger charge is -2.18. The van der Waals surface area contributed by atoms with Crippen LogP contribution >= 0.6 is 0 Å². The number of hydrogen-bond acceptors (Lipinski definition) is 3. The Labute approximate surface area is 156 Å². The average Bonchev–Trinajstić information content (AvgIpc) is 2.66. The van der Waals surface area contributed by atoms with Crippen LogP contribution in [0.5, 0.6) is 0 Å². The van der Waals surface area contributed by atoms with E-state index in [1.54, 1.807) is 24.3 Å². The third-order valence-electron chi connectivity index (χ3n) is 3.94. The van der Waals surface area contributed by atoms with Crippen LogP contribution < -0.4 is 10.6 Å². The molecule has 6 heteroatoms. The van der Waals surface area contributed by atoms with Crippen LogP contribution in [0.2, 0.25) is 0 Å². The smallest absolute Gasteiger partial charge is 0.191 e. The van der Waals surface area contributed by atoms with Crippen molar-refractivity contribution in [2.75, 3.05) is 18.8 Å². The lowest BCUT2D eigenvalue weighted by atomic mass is 10.1. The number of guanidine groups is 1. The van der Waals surface area contributed by atoms with Crippen LogP contribution in [-0.4, -0.2) is 33.2 Å². The van der Waals surface area contributed by atoms with Gasteiger partial charge in [-0.15, -0.1) is 0 Å². The molecule has 0 saturated carbocycles. The van der Waals surface area contributed by atoms with Crippen LogP contribution in [0.25, 0.3) is 0 Å². The van der Waals surface area contributed by atoms with Crippen molar-refractivity contribution in [3.8, 4) is 0 Å². The van der Waals surface area contributed by atoms with Crippen molar-refractivity contribution in [3.63, 3.8) is 0 Å². The molecule has 0 saturated heterocycles. The van der Waals surface area contributed by atoms with E-state index < -0.39 is 9.84 Å². The molecule has 0 bridgehead atoms. The number of nitrogens with zero attached hydrogens (tertiary/aromatic N) is 1. The Morgan fingerprint density at radius 3 is 2.27 bits per heavy atom. The molecule has 2 N–H and O–H groups in total. The maximum absolute atomic E-state index is 12.3. The standard InChI is InChI=1S/C20H27N3O2S/c1-3-21-20(23-17(2)18-11-6-4-7-12-18)22-15-10-16-26(24,25)19-13-8-5-9-14-19/h4-9,11-14,17H,3,10,15-16H2,1-2H3,(H2,21,22,23). The highest BCUT2D eigenvalue weighted by Gasteiger charge is 2.13. The van der Waals surface area contributed by atoms with E-state index in [0.717, 1.165) is 6.54 Å². The summed E-state index contributed by atoms with van der Waals surface area (Å²) in [6.07, 6.45) is 0.480. The quantitative estimate of drug-likeness (QED) is 0.424. The van der Waals surface area contributed by atoms with Crippen LogP contribution in [0.15, 0.2) is 70.6 Å². The van der Waals surface area contributed by atoms with Gasteiger partial charge in [0.25, 0.3) is 0 Å². The first-order chi connectivity index (χ1) is 12.5. The molecule has 0 heterocycles. The van der Waals surface area contributed by atoms with E-state index in [2.05, 4.69) is 34.7 Å². The molecule has 1 unspecified atom stereocenters. The molecule has 0 amide bonds. The summed E-state index contributed by atoms with van der Waals surface area (Å²) in [5.41, 5.74) is 1.17. The zero-order valence-corrected chi connectivity index (χ0v) is 16.2. The molecule has 2 aromatic rings. The van der Waals surface area contributed by atoms with Crippen LogP contribution in [0.3, 0.4) is 0 Å². The zero-order chi connectivity index (χ0) is 18.8. The van der Waals surface area contributed by atoms with Gasteiger partial charge in [-0.3, -0.25) is 4.99 Å². The van der Waals surface area contributed by atoms with E-state index in [0.29, 0.717) is 23.8 Å². The molecular formula is C20H27N3O2S. The predicted molar refractivity (Wildman–Crippen MR) is 107 cm³/mol. The number of hydrogen-bond donors (Lipinski definition) is 2. The lowest BCUT2D eigenvalue weighted by Crippen LogP contribution is -2.38. The number of rotatable bonds is 8. The Balaban J connectivity index is 1.91. The summed E-state index contributed by atoms with van der Waals surface area (Å²) in [6, 6.07) is 18.8. The number of aliphatic imine (C=N–C) groups is 1. The van der Waals surface area contributed by atoms with E-state index in [1.165, 1.54) is 5.56 Å². The van der Waals surface area contributed by atoms with Crippen molar-refractivity contribution >= 4 is 15.8 Å². The van der Waals surface area contributed by atoms with Gasteiger partial charge in [-0.05, 0) is 38.0 Å². The summed E-state index contributed by atoms with van der Waals surface area (Å²) < 4.78 is 24.6. The molecule has 0 aliphatic carbocycles. The second-order valence-electron chi connectivity index (χ2n) is 6.02. The number of benzene rings is 2. The first kappa shape index (κ1) is 20.0. The fourth-order valence-corrected chi connectivity index (χ4v) is 3.86. The molecule has 0 fully saturated rings. The van der Waals surface area contributed by atoms with Crippen molar-refractivity contribution in [2.24, 2.45) is 4.99 Å². The van der Waals surface area contributed by atoms with Gasteiger partial charge < -0.3 is 10.6 Å². The molecule has 5 nitrogen and oxygen atoms in total. The summed E-state index contributed by atoms with van der Waals surface area (Å²) in [5.74, 6) is 0.787. The lowest BCUT2D eigenvalue weighted by molar-refractivity contribution is 0.593. The normalized spacial score (nSPS) is 13.2. The monoisotopic (exact) mass is 373 g/mol. The molecule has 140 valence electrons. The van der Waals surface area contributed by atoms with Crippen molar-refractivity contribution < 1.29 is 8.42 Å². The fourth-order valence-electron chi connectivity index (χ4n) is 2.54. The van der Waals surface area contributed by atoms with Gasteiger partial charge in [0, 0.05) is 13.1 Å².